The fraction of sp³-hybridized carbons (Fsp3) is 0.188. The van der Waals surface area contributed by atoms with Crippen LogP contribution in [0.3, 0.4) is 0 Å². The molecule has 7 nitrogen and oxygen atoms in total. The zero-order valence-electron chi connectivity index (χ0n) is 12.8. The number of rotatable bonds is 6. The second-order valence-corrected chi connectivity index (χ2v) is 4.59. The lowest BCUT2D eigenvalue weighted by atomic mass is 10.2. The zero-order chi connectivity index (χ0) is 16.7. The van der Waals surface area contributed by atoms with Crippen LogP contribution in [0.25, 0.3) is 0 Å². The van der Waals surface area contributed by atoms with Crippen molar-refractivity contribution in [1.82, 2.24) is 4.98 Å². The lowest BCUT2D eigenvalue weighted by Crippen LogP contribution is -2.18. The van der Waals surface area contributed by atoms with Gasteiger partial charge in [-0.2, -0.15) is 0 Å². The van der Waals surface area contributed by atoms with Gasteiger partial charge in [-0.25, -0.2) is 0 Å². The summed E-state index contributed by atoms with van der Waals surface area (Å²) in [5.74, 6) is -0.105. The summed E-state index contributed by atoms with van der Waals surface area (Å²) in [6.07, 6.45) is 3.08. The molecule has 2 amide bonds. The zero-order valence-corrected chi connectivity index (χ0v) is 12.8. The molecule has 2 aromatic rings. The Morgan fingerprint density at radius 3 is 2.48 bits per heavy atom. The highest BCUT2D eigenvalue weighted by Gasteiger charge is 2.11. The molecule has 0 aliphatic rings. The smallest absolute Gasteiger partial charge is 0.255 e. The molecule has 0 radical (unpaired) electrons. The van der Waals surface area contributed by atoms with E-state index in [4.69, 9.17) is 9.47 Å². The van der Waals surface area contributed by atoms with Gasteiger partial charge in [0.1, 0.15) is 12.4 Å². The summed E-state index contributed by atoms with van der Waals surface area (Å²) in [7, 11) is 2.93. The Balaban J connectivity index is 2.16. The number of carbonyl (C=O) groups excluding carboxylic acids is 2. The number of methoxy groups -OCH3 is 2. The molecule has 2 N–H and O–H groups in total. The number of nitrogens with zero attached hydrogens (tertiary/aromatic N) is 1. The molecular weight excluding hydrogens is 298 g/mol. The van der Waals surface area contributed by atoms with Crippen molar-refractivity contribution in [2.75, 3.05) is 31.5 Å². The Kier molecular flexibility index (Phi) is 5.65. The predicted molar refractivity (Wildman–Crippen MR) is 85.7 cm³/mol. The van der Waals surface area contributed by atoms with Crippen LogP contribution in [0.2, 0.25) is 0 Å². The van der Waals surface area contributed by atoms with Crippen LogP contribution >= 0.6 is 0 Å². The van der Waals surface area contributed by atoms with Gasteiger partial charge in [0.05, 0.1) is 12.8 Å². The van der Waals surface area contributed by atoms with E-state index in [2.05, 4.69) is 15.6 Å². The van der Waals surface area contributed by atoms with E-state index < -0.39 is 0 Å². The normalized spacial score (nSPS) is 10.0. The third kappa shape index (κ3) is 4.52. The van der Waals surface area contributed by atoms with Gasteiger partial charge in [-0.3, -0.25) is 14.6 Å². The predicted octanol–water partition coefficient (Wildman–Crippen LogP) is 1.93. The Hall–Kier alpha value is -2.93. The molecular formula is C16H17N3O4. The molecule has 0 spiro atoms. The van der Waals surface area contributed by atoms with Gasteiger partial charge in [0.15, 0.2) is 0 Å². The summed E-state index contributed by atoms with van der Waals surface area (Å²) in [5.41, 5.74) is 1.46. The summed E-state index contributed by atoms with van der Waals surface area (Å²) in [6.45, 7) is -0.0727. The molecule has 0 saturated carbocycles. The van der Waals surface area contributed by atoms with Gasteiger partial charge in [-0.1, -0.05) is 0 Å². The van der Waals surface area contributed by atoms with Crippen LogP contribution in [0.5, 0.6) is 5.75 Å². The molecule has 0 aliphatic carbocycles. The quantitative estimate of drug-likeness (QED) is 0.850. The Labute approximate surface area is 133 Å². The number of carbonyl (C=O) groups is 2. The topological polar surface area (TPSA) is 89.6 Å². The van der Waals surface area contributed by atoms with Crippen LogP contribution in [0, 0.1) is 0 Å². The highest BCUT2D eigenvalue weighted by atomic mass is 16.5. The van der Waals surface area contributed by atoms with Crippen molar-refractivity contribution < 1.29 is 19.1 Å². The van der Waals surface area contributed by atoms with Crippen molar-refractivity contribution in [2.24, 2.45) is 0 Å². The Morgan fingerprint density at radius 2 is 1.83 bits per heavy atom. The number of hydrogen-bond acceptors (Lipinski definition) is 5. The van der Waals surface area contributed by atoms with Crippen molar-refractivity contribution in [3.8, 4) is 5.75 Å². The van der Waals surface area contributed by atoms with Crippen molar-refractivity contribution in [3.63, 3.8) is 0 Å². The van der Waals surface area contributed by atoms with Crippen molar-refractivity contribution >= 4 is 23.2 Å². The highest BCUT2D eigenvalue weighted by molar-refractivity contribution is 6.04. The molecule has 1 aromatic carbocycles. The fourth-order valence-electron chi connectivity index (χ4n) is 1.91. The minimum atomic E-state index is -0.316. The summed E-state index contributed by atoms with van der Waals surface area (Å²) in [6, 6.07) is 8.18. The monoisotopic (exact) mass is 315 g/mol. The third-order valence-electron chi connectivity index (χ3n) is 2.95. The molecule has 1 aromatic heterocycles. The number of nitrogens with one attached hydrogen (secondary N) is 2. The Bertz CT molecular complexity index is 689. The number of aromatic nitrogens is 1. The van der Waals surface area contributed by atoms with E-state index in [1.807, 2.05) is 0 Å². The molecule has 0 unspecified atom stereocenters. The number of hydrogen-bond donors (Lipinski definition) is 2. The van der Waals surface area contributed by atoms with E-state index in [-0.39, 0.29) is 18.4 Å². The lowest BCUT2D eigenvalue weighted by molar-refractivity contribution is -0.119. The van der Waals surface area contributed by atoms with Crippen molar-refractivity contribution in [3.05, 3.63) is 48.3 Å². The van der Waals surface area contributed by atoms with Gasteiger partial charge in [-0.15, -0.1) is 0 Å². The molecule has 23 heavy (non-hydrogen) atoms. The highest BCUT2D eigenvalue weighted by Crippen LogP contribution is 2.28. The number of anilines is 2. The maximum Gasteiger partial charge on any atom is 0.255 e. The molecule has 7 heteroatoms. The van der Waals surface area contributed by atoms with Crippen LogP contribution in [0.4, 0.5) is 11.4 Å². The van der Waals surface area contributed by atoms with Gasteiger partial charge in [0.2, 0.25) is 5.91 Å². The average molecular weight is 315 g/mol. The summed E-state index contributed by atoms with van der Waals surface area (Å²) in [5, 5.41) is 5.42. The van der Waals surface area contributed by atoms with Crippen LogP contribution in [-0.2, 0) is 9.53 Å². The average Bonchev–Trinajstić information content (AvgIpc) is 2.56. The van der Waals surface area contributed by atoms with E-state index in [1.165, 1.54) is 14.2 Å². The van der Waals surface area contributed by atoms with Gasteiger partial charge in [0, 0.05) is 30.8 Å². The van der Waals surface area contributed by atoms with Crippen LogP contribution in [0.1, 0.15) is 10.4 Å². The third-order valence-corrected chi connectivity index (χ3v) is 2.95. The van der Waals surface area contributed by atoms with Crippen LogP contribution in [0.15, 0.2) is 42.7 Å². The maximum atomic E-state index is 12.1. The molecule has 1 heterocycles. The van der Waals surface area contributed by atoms with E-state index in [0.717, 1.165) is 0 Å². The summed E-state index contributed by atoms with van der Waals surface area (Å²) in [4.78, 5) is 27.6. The summed E-state index contributed by atoms with van der Waals surface area (Å²) < 4.78 is 9.97. The van der Waals surface area contributed by atoms with Gasteiger partial charge in [-0.05, 0) is 30.3 Å². The number of benzene rings is 1. The number of amides is 2. The number of pyridine rings is 1. The first-order valence-electron chi connectivity index (χ1n) is 6.82. The largest absolute Gasteiger partial charge is 0.495 e. The molecule has 0 aliphatic heterocycles. The molecule has 0 fully saturated rings. The maximum absolute atomic E-state index is 12.1. The molecule has 120 valence electrons. The minimum absolute atomic E-state index is 0.0727. The lowest BCUT2D eigenvalue weighted by Gasteiger charge is -2.12. The van der Waals surface area contributed by atoms with Gasteiger partial charge >= 0.3 is 0 Å². The van der Waals surface area contributed by atoms with E-state index in [1.54, 1.807) is 42.7 Å². The fourth-order valence-corrected chi connectivity index (χ4v) is 1.91. The molecule has 0 saturated heterocycles. The molecule has 0 atom stereocenters. The van der Waals surface area contributed by atoms with Crippen molar-refractivity contribution in [2.45, 2.75) is 0 Å². The van der Waals surface area contributed by atoms with Crippen molar-refractivity contribution in [1.29, 1.82) is 0 Å². The first kappa shape index (κ1) is 16.4. The van der Waals surface area contributed by atoms with E-state index >= 15 is 0 Å². The van der Waals surface area contributed by atoms with Gasteiger partial charge < -0.3 is 20.1 Å². The molecule has 0 bridgehead atoms. The molecule has 2 rings (SSSR count). The first-order valence-corrected chi connectivity index (χ1v) is 6.82. The Morgan fingerprint density at radius 1 is 1.09 bits per heavy atom. The number of ether oxygens (including phenoxy) is 2. The van der Waals surface area contributed by atoms with Gasteiger partial charge in [0.25, 0.3) is 5.91 Å². The van der Waals surface area contributed by atoms with Crippen LogP contribution in [-0.4, -0.2) is 37.6 Å². The first-order chi connectivity index (χ1) is 11.1. The standard InChI is InChI=1S/C16H17N3O4/c1-22-10-15(20)19-13-9-12(3-4-14(13)23-2)18-16(21)11-5-7-17-8-6-11/h3-9H,10H2,1-2H3,(H,18,21)(H,19,20). The second-order valence-electron chi connectivity index (χ2n) is 4.59. The van der Waals surface area contributed by atoms with E-state index in [9.17, 15) is 9.59 Å². The SMILES string of the molecule is COCC(=O)Nc1cc(NC(=O)c2ccncc2)ccc1OC. The van der Waals surface area contributed by atoms with Crippen LogP contribution < -0.4 is 15.4 Å². The minimum Gasteiger partial charge on any atom is -0.495 e. The van der Waals surface area contributed by atoms with E-state index in [0.29, 0.717) is 22.7 Å². The second kappa shape index (κ2) is 7.90. The summed E-state index contributed by atoms with van der Waals surface area (Å²) >= 11 is 0.